The first-order chi connectivity index (χ1) is 11.2. The third kappa shape index (κ3) is 3.08. The SMILES string of the molecule is CO[C@@H]1C(=O)[C@@H](OC)[C@]2(CO2)C[C@H]1[C@@]1(C)O[C@@H]1CCOC(F)(F)F. The van der Waals surface area contributed by atoms with E-state index in [-0.39, 0.29) is 18.1 Å². The van der Waals surface area contributed by atoms with E-state index in [4.69, 9.17) is 18.9 Å². The quantitative estimate of drug-likeness (QED) is 0.673. The Balaban J connectivity index is 1.66. The van der Waals surface area contributed by atoms with Crippen LogP contribution >= 0.6 is 0 Å². The van der Waals surface area contributed by atoms with E-state index in [1.807, 2.05) is 0 Å². The van der Waals surface area contributed by atoms with Crippen LogP contribution in [0.15, 0.2) is 0 Å². The number of epoxide rings is 2. The number of alkyl halides is 3. The molecule has 0 aromatic carbocycles. The number of ketones is 1. The second-order valence-corrected chi connectivity index (χ2v) is 6.71. The van der Waals surface area contributed by atoms with Gasteiger partial charge in [-0.2, -0.15) is 0 Å². The molecule has 0 bridgehead atoms. The van der Waals surface area contributed by atoms with Gasteiger partial charge in [0.05, 0.1) is 24.9 Å². The molecule has 138 valence electrons. The summed E-state index contributed by atoms with van der Waals surface area (Å²) in [5, 5.41) is 0. The van der Waals surface area contributed by atoms with Gasteiger partial charge in [0.1, 0.15) is 17.8 Å². The Bertz CT molecular complexity index is 506. The van der Waals surface area contributed by atoms with Gasteiger partial charge in [-0.3, -0.25) is 9.53 Å². The van der Waals surface area contributed by atoms with Crippen LogP contribution in [-0.2, 0) is 28.5 Å². The minimum Gasteiger partial charge on any atom is -0.373 e. The molecular weight excluding hydrogens is 333 g/mol. The van der Waals surface area contributed by atoms with E-state index in [0.29, 0.717) is 13.0 Å². The molecule has 6 nitrogen and oxygen atoms in total. The Morgan fingerprint density at radius 1 is 1.29 bits per heavy atom. The van der Waals surface area contributed by atoms with Crippen molar-refractivity contribution in [2.45, 2.75) is 55.6 Å². The molecule has 2 heterocycles. The van der Waals surface area contributed by atoms with Gasteiger partial charge < -0.3 is 18.9 Å². The number of hydrogen-bond donors (Lipinski definition) is 0. The van der Waals surface area contributed by atoms with Crippen molar-refractivity contribution < 1.29 is 41.7 Å². The van der Waals surface area contributed by atoms with Crippen molar-refractivity contribution in [1.29, 1.82) is 0 Å². The van der Waals surface area contributed by atoms with Gasteiger partial charge in [0, 0.05) is 26.6 Å². The predicted octanol–water partition coefficient (Wildman–Crippen LogP) is 1.46. The second kappa shape index (κ2) is 5.91. The van der Waals surface area contributed by atoms with E-state index in [1.54, 1.807) is 6.92 Å². The van der Waals surface area contributed by atoms with Crippen molar-refractivity contribution in [3.63, 3.8) is 0 Å². The van der Waals surface area contributed by atoms with E-state index < -0.39 is 42.5 Å². The van der Waals surface area contributed by atoms with Gasteiger partial charge in [-0.05, 0) is 13.3 Å². The number of ether oxygens (including phenoxy) is 5. The maximum absolute atomic E-state index is 12.6. The number of hydrogen-bond acceptors (Lipinski definition) is 6. The Morgan fingerprint density at radius 2 is 1.96 bits per heavy atom. The Morgan fingerprint density at radius 3 is 2.46 bits per heavy atom. The molecule has 0 unspecified atom stereocenters. The van der Waals surface area contributed by atoms with Crippen LogP contribution in [0.4, 0.5) is 13.2 Å². The fourth-order valence-corrected chi connectivity index (χ4v) is 3.90. The molecule has 3 fully saturated rings. The highest BCUT2D eigenvalue weighted by molar-refractivity contribution is 5.90. The molecule has 2 aliphatic heterocycles. The first-order valence-electron chi connectivity index (χ1n) is 7.78. The molecule has 0 amide bonds. The Kier molecular flexibility index (Phi) is 4.45. The standard InChI is InChI=1S/C15H21F3O6/c1-13(9(24-13)4-5-22-15(16,17)18)8-6-14(7-23-14)12(21-3)10(19)11(8)20-2/h8-9,11-12H,4-7H2,1-3H3/t8-,9-,11+,12-,13-,14-/m1/s1. The molecule has 0 N–H and O–H groups in total. The second-order valence-electron chi connectivity index (χ2n) is 6.71. The molecule has 9 heteroatoms. The van der Waals surface area contributed by atoms with Crippen LogP contribution in [0.1, 0.15) is 19.8 Å². The summed E-state index contributed by atoms with van der Waals surface area (Å²) in [6.07, 6.45) is -5.89. The third-order valence-corrected chi connectivity index (χ3v) is 5.31. The zero-order chi connectivity index (χ0) is 17.8. The number of methoxy groups -OCH3 is 2. The van der Waals surface area contributed by atoms with Gasteiger partial charge in [0.25, 0.3) is 0 Å². The summed E-state index contributed by atoms with van der Waals surface area (Å²) in [6, 6.07) is 0. The summed E-state index contributed by atoms with van der Waals surface area (Å²) >= 11 is 0. The number of carbonyl (C=O) groups is 1. The molecule has 0 radical (unpaired) electrons. The minimum absolute atomic E-state index is 0.0959. The highest BCUT2D eigenvalue weighted by Gasteiger charge is 2.69. The van der Waals surface area contributed by atoms with Gasteiger partial charge >= 0.3 is 6.36 Å². The molecule has 0 aromatic heterocycles. The molecular formula is C15H21F3O6. The molecule has 6 atom stereocenters. The molecule has 24 heavy (non-hydrogen) atoms. The summed E-state index contributed by atoms with van der Waals surface area (Å²) in [5.41, 5.74) is -1.39. The fourth-order valence-electron chi connectivity index (χ4n) is 3.90. The molecule has 1 aliphatic carbocycles. The van der Waals surface area contributed by atoms with E-state index in [2.05, 4.69) is 4.74 Å². The van der Waals surface area contributed by atoms with E-state index in [9.17, 15) is 18.0 Å². The zero-order valence-electron chi connectivity index (χ0n) is 13.7. The smallest absolute Gasteiger partial charge is 0.373 e. The van der Waals surface area contributed by atoms with Gasteiger partial charge in [0.2, 0.25) is 0 Å². The van der Waals surface area contributed by atoms with E-state index in [1.165, 1.54) is 14.2 Å². The minimum atomic E-state index is -4.65. The van der Waals surface area contributed by atoms with Crippen LogP contribution < -0.4 is 0 Å². The van der Waals surface area contributed by atoms with Crippen molar-refractivity contribution in [3.8, 4) is 0 Å². The highest BCUT2D eigenvalue weighted by atomic mass is 19.4. The molecule has 0 aromatic rings. The normalized spacial score (nSPS) is 44.8. The summed E-state index contributed by atoms with van der Waals surface area (Å²) < 4.78 is 61.8. The average Bonchev–Trinajstić information content (AvgIpc) is 3.37. The maximum Gasteiger partial charge on any atom is 0.522 e. The van der Waals surface area contributed by atoms with Crippen LogP contribution in [-0.4, -0.2) is 69.1 Å². The largest absolute Gasteiger partial charge is 0.522 e. The van der Waals surface area contributed by atoms with Crippen molar-refractivity contribution in [3.05, 3.63) is 0 Å². The number of carbonyl (C=O) groups excluding carboxylic acids is 1. The van der Waals surface area contributed by atoms with Crippen molar-refractivity contribution >= 4 is 5.78 Å². The maximum atomic E-state index is 12.6. The molecule has 1 saturated carbocycles. The Hall–Kier alpha value is -0.740. The summed E-state index contributed by atoms with van der Waals surface area (Å²) in [5.74, 6) is -0.518. The van der Waals surface area contributed by atoms with Crippen LogP contribution in [0.3, 0.4) is 0 Å². The summed E-state index contributed by atoms with van der Waals surface area (Å²) in [6.45, 7) is 1.73. The lowest BCUT2D eigenvalue weighted by molar-refractivity contribution is -0.324. The predicted molar refractivity (Wildman–Crippen MR) is 73.3 cm³/mol. The summed E-state index contributed by atoms with van der Waals surface area (Å²) in [4.78, 5) is 12.6. The van der Waals surface area contributed by atoms with Gasteiger partial charge in [0.15, 0.2) is 5.78 Å². The number of Topliss-reactive ketones (excluding diaryl/α,β-unsaturated/α-hetero) is 1. The molecule has 1 spiro atoms. The molecule has 2 saturated heterocycles. The van der Waals surface area contributed by atoms with E-state index >= 15 is 0 Å². The van der Waals surface area contributed by atoms with Gasteiger partial charge in [-0.15, -0.1) is 13.2 Å². The first-order valence-corrected chi connectivity index (χ1v) is 7.78. The molecule has 3 aliphatic rings. The van der Waals surface area contributed by atoms with Crippen LogP contribution in [0.2, 0.25) is 0 Å². The lowest BCUT2D eigenvalue weighted by Gasteiger charge is -2.39. The summed E-state index contributed by atoms with van der Waals surface area (Å²) in [7, 11) is 2.88. The zero-order valence-corrected chi connectivity index (χ0v) is 13.7. The Labute approximate surface area is 137 Å². The van der Waals surface area contributed by atoms with E-state index in [0.717, 1.165) is 0 Å². The van der Waals surface area contributed by atoms with Crippen LogP contribution in [0, 0.1) is 5.92 Å². The molecule has 3 rings (SSSR count). The topological polar surface area (TPSA) is 69.8 Å². The number of halogens is 3. The monoisotopic (exact) mass is 354 g/mol. The van der Waals surface area contributed by atoms with Gasteiger partial charge in [-0.1, -0.05) is 0 Å². The van der Waals surface area contributed by atoms with Crippen molar-refractivity contribution in [1.82, 2.24) is 0 Å². The van der Waals surface area contributed by atoms with Crippen molar-refractivity contribution in [2.24, 2.45) is 5.92 Å². The lowest BCUT2D eigenvalue weighted by Crippen LogP contribution is -2.57. The number of rotatable bonds is 6. The first kappa shape index (κ1) is 18.1. The van der Waals surface area contributed by atoms with Crippen molar-refractivity contribution in [2.75, 3.05) is 27.4 Å². The average molecular weight is 354 g/mol. The van der Waals surface area contributed by atoms with Crippen LogP contribution in [0.5, 0.6) is 0 Å². The van der Waals surface area contributed by atoms with Crippen LogP contribution in [0.25, 0.3) is 0 Å². The third-order valence-electron chi connectivity index (χ3n) is 5.31. The highest BCUT2D eigenvalue weighted by Crippen LogP contribution is 2.55. The lowest BCUT2D eigenvalue weighted by atomic mass is 9.70. The van der Waals surface area contributed by atoms with Gasteiger partial charge in [-0.25, -0.2) is 0 Å². The fraction of sp³-hybridized carbons (Fsp3) is 0.933.